The Kier molecular flexibility index (Phi) is 5.92. The number of hydrogen-bond acceptors (Lipinski definition) is 4. The van der Waals surface area contributed by atoms with Gasteiger partial charge in [-0.3, -0.25) is 9.59 Å². The minimum atomic E-state index is -0.0817. The number of rotatable bonds is 5. The molecule has 0 bridgehead atoms. The fourth-order valence-electron chi connectivity index (χ4n) is 5.96. The first-order valence-electron chi connectivity index (χ1n) is 12.6. The van der Waals surface area contributed by atoms with Gasteiger partial charge in [0, 0.05) is 60.6 Å². The minimum Gasteiger partial charge on any atom is -0.507 e. The van der Waals surface area contributed by atoms with Gasteiger partial charge < -0.3 is 20.0 Å². The predicted octanol–water partition coefficient (Wildman–Crippen LogP) is 5.83. The maximum absolute atomic E-state index is 13.3. The number of hydrogen-bond donors (Lipinski definition) is 2. The second-order valence-corrected chi connectivity index (χ2v) is 10.1. The van der Waals surface area contributed by atoms with Gasteiger partial charge in [0.25, 0.3) is 0 Å². The van der Waals surface area contributed by atoms with Crippen LogP contribution < -0.4 is 9.80 Å². The number of fused-ring (bicyclic) bond motifs is 6. The Labute approximate surface area is 219 Å². The van der Waals surface area contributed by atoms with Gasteiger partial charge in [0.2, 0.25) is 11.8 Å². The lowest BCUT2D eigenvalue weighted by Crippen LogP contribution is -2.31. The number of carbonyl (C=O) groups excluding carboxylic acids is 2. The van der Waals surface area contributed by atoms with Gasteiger partial charge in [-0.2, -0.15) is 0 Å². The Bertz CT molecular complexity index is 1570. The molecular weight excluding hydrogens is 488 g/mol. The molecule has 0 aliphatic carbocycles. The maximum atomic E-state index is 13.3. The van der Waals surface area contributed by atoms with Gasteiger partial charge in [-0.1, -0.05) is 48.5 Å². The maximum Gasteiger partial charge on any atom is 0.227 e. The van der Waals surface area contributed by atoms with Crippen LogP contribution in [-0.4, -0.2) is 41.0 Å². The Morgan fingerprint density at radius 2 is 1.38 bits per heavy atom. The van der Waals surface area contributed by atoms with Crippen molar-refractivity contribution in [1.29, 1.82) is 0 Å². The Hall–Kier alpha value is -3.77. The van der Waals surface area contributed by atoms with Crippen molar-refractivity contribution in [2.45, 2.75) is 31.6 Å². The number of amides is 2. The molecule has 2 N–H and O–H groups in total. The smallest absolute Gasteiger partial charge is 0.227 e. The van der Waals surface area contributed by atoms with E-state index >= 15 is 0 Å². The van der Waals surface area contributed by atoms with Crippen LogP contribution in [0, 0.1) is 0 Å². The lowest BCUT2D eigenvalue weighted by Gasteiger charge is -2.20. The summed E-state index contributed by atoms with van der Waals surface area (Å²) in [5, 5.41) is 24.5. The molecule has 0 fully saturated rings. The van der Waals surface area contributed by atoms with Gasteiger partial charge >= 0.3 is 0 Å². The first-order valence-corrected chi connectivity index (χ1v) is 13.2. The standard InChI is InChI=1S/C30H27ClN2O4/c31-16-18-17-33(25-15-27(35)22-8-3-4-9-23(22)30(18)25)29(37)11-5-10-28(36)32-13-12-20-19-6-1-2-7-21(19)26(34)14-24(20)32/h1-4,6-9,14-15,18,34-35H,5,10-13,16-17H2/t18-/m1/s1. The van der Waals surface area contributed by atoms with Crippen molar-refractivity contribution in [3.05, 3.63) is 71.8 Å². The molecule has 0 aromatic heterocycles. The van der Waals surface area contributed by atoms with Crippen molar-refractivity contribution in [2.75, 3.05) is 28.8 Å². The molecule has 0 saturated carbocycles. The van der Waals surface area contributed by atoms with E-state index in [1.165, 1.54) is 0 Å². The lowest BCUT2D eigenvalue weighted by atomic mass is 9.95. The summed E-state index contributed by atoms with van der Waals surface area (Å²) in [7, 11) is 0. The second kappa shape index (κ2) is 9.27. The molecule has 2 heterocycles. The zero-order chi connectivity index (χ0) is 25.7. The average molecular weight is 515 g/mol. The van der Waals surface area contributed by atoms with Crippen molar-refractivity contribution in [3.8, 4) is 11.5 Å². The third-order valence-corrected chi connectivity index (χ3v) is 8.07. The highest BCUT2D eigenvalue weighted by Gasteiger charge is 2.34. The summed E-state index contributed by atoms with van der Waals surface area (Å²) in [6, 6.07) is 18.6. The summed E-state index contributed by atoms with van der Waals surface area (Å²) in [5.41, 5.74) is 3.53. The second-order valence-electron chi connectivity index (χ2n) is 9.82. The molecule has 7 heteroatoms. The van der Waals surface area contributed by atoms with Crippen molar-refractivity contribution >= 4 is 56.3 Å². The van der Waals surface area contributed by atoms with Gasteiger partial charge in [0.1, 0.15) is 11.5 Å². The van der Waals surface area contributed by atoms with E-state index in [4.69, 9.17) is 11.6 Å². The molecule has 4 aromatic carbocycles. The monoisotopic (exact) mass is 514 g/mol. The van der Waals surface area contributed by atoms with Gasteiger partial charge in [-0.15, -0.1) is 11.6 Å². The third-order valence-electron chi connectivity index (χ3n) is 7.70. The zero-order valence-corrected chi connectivity index (χ0v) is 21.0. The number of nitrogens with zero attached hydrogens (tertiary/aromatic N) is 2. The molecule has 0 radical (unpaired) electrons. The predicted molar refractivity (Wildman–Crippen MR) is 147 cm³/mol. The molecule has 4 aromatic rings. The number of benzene rings is 4. The Balaban J connectivity index is 1.17. The van der Waals surface area contributed by atoms with Crippen LogP contribution in [0.3, 0.4) is 0 Å². The summed E-state index contributed by atoms with van der Waals surface area (Å²) in [6.45, 7) is 1.03. The van der Waals surface area contributed by atoms with Crippen molar-refractivity contribution in [1.82, 2.24) is 0 Å². The number of halogens is 1. The molecule has 0 spiro atoms. The normalized spacial score (nSPS) is 16.4. The summed E-state index contributed by atoms with van der Waals surface area (Å²) in [4.78, 5) is 29.8. The van der Waals surface area contributed by atoms with E-state index in [0.717, 1.165) is 44.8 Å². The van der Waals surface area contributed by atoms with Crippen LogP contribution in [0.15, 0.2) is 60.7 Å². The topological polar surface area (TPSA) is 81.1 Å². The highest BCUT2D eigenvalue weighted by atomic mass is 35.5. The van der Waals surface area contributed by atoms with Crippen LogP contribution >= 0.6 is 11.6 Å². The van der Waals surface area contributed by atoms with Crippen LogP contribution in [-0.2, 0) is 16.0 Å². The number of phenolic OH excluding ortho intramolecular Hbond substituents is 2. The van der Waals surface area contributed by atoms with E-state index in [2.05, 4.69) is 0 Å². The van der Waals surface area contributed by atoms with Crippen LogP contribution in [0.2, 0.25) is 0 Å². The molecule has 2 amide bonds. The van der Waals surface area contributed by atoms with Gasteiger partial charge in [-0.25, -0.2) is 0 Å². The van der Waals surface area contributed by atoms with Gasteiger partial charge in [0.05, 0.1) is 11.4 Å². The van der Waals surface area contributed by atoms with E-state index < -0.39 is 0 Å². The molecule has 2 aliphatic rings. The quantitative estimate of drug-likeness (QED) is 0.328. The summed E-state index contributed by atoms with van der Waals surface area (Å²) >= 11 is 6.28. The van der Waals surface area contributed by atoms with E-state index in [1.54, 1.807) is 21.9 Å². The first-order chi connectivity index (χ1) is 18.0. The summed E-state index contributed by atoms with van der Waals surface area (Å²) in [5.74, 6) is 0.533. The molecule has 37 heavy (non-hydrogen) atoms. The fraction of sp³-hybridized carbons (Fsp3) is 0.267. The van der Waals surface area contributed by atoms with Crippen molar-refractivity contribution in [2.24, 2.45) is 0 Å². The Morgan fingerprint density at radius 3 is 2.05 bits per heavy atom. The number of anilines is 2. The highest BCUT2D eigenvalue weighted by molar-refractivity contribution is 6.19. The van der Waals surface area contributed by atoms with E-state index in [-0.39, 0.29) is 42.1 Å². The molecule has 0 saturated heterocycles. The molecule has 1 atom stereocenters. The highest BCUT2D eigenvalue weighted by Crippen LogP contribution is 2.45. The van der Waals surface area contributed by atoms with Crippen LogP contribution in [0.4, 0.5) is 11.4 Å². The number of carbonyl (C=O) groups is 2. The third kappa shape index (κ3) is 3.87. The van der Waals surface area contributed by atoms with Crippen LogP contribution in [0.25, 0.3) is 21.5 Å². The zero-order valence-electron chi connectivity index (χ0n) is 20.3. The molecule has 188 valence electrons. The van der Waals surface area contributed by atoms with Crippen LogP contribution in [0.5, 0.6) is 11.5 Å². The molecule has 6 nitrogen and oxygen atoms in total. The van der Waals surface area contributed by atoms with E-state index in [9.17, 15) is 19.8 Å². The van der Waals surface area contributed by atoms with Gasteiger partial charge in [0.15, 0.2) is 0 Å². The fourth-order valence-corrected chi connectivity index (χ4v) is 6.21. The number of aromatic hydroxyl groups is 2. The molecule has 0 unspecified atom stereocenters. The SMILES string of the molecule is O=C(CCCC(=O)N1C[C@@H](CCl)c2c1cc(O)c1ccccc21)N1CCc2c1cc(O)c1ccccc21. The largest absolute Gasteiger partial charge is 0.507 e. The molecule has 2 aliphatic heterocycles. The summed E-state index contributed by atoms with van der Waals surface area (Å²) in [6.07, 6.45) is 1.61. The van der Waals surface area contributed by atoms with Gasteiger partial charge in [-0.05, 0) is 34.7 Å². The number of phenols is 2. The van der Waals surface area contributed by atoms with Crippen molar-refractivity contribution < 1.29 is 19.8 Å². The average Bonchev–Trinajstić information content (AvgIpc) is 3.51. The first kappa shape index (κ1) is 23.6. The summed E-state index contributed by atoms with van der Waals surface area (Å²) < 4.78 is 0. The van der Waals surface area contributed by atoms with E-state index in [0.29, 0.717) is 31.1 Å². The molecular formula is C30H27ClN2O4. The molecule has 6 rings (SSSR count). The van der Waals surface area contributed by atoms with Crippen molar-refractivity contribution in [3.63, 3.8) is 0 Å². The number of alkyl halides is 1. The minimum absolute atomic E-state index is 0.0173. The van der Waals surface area contributed by atoms with Crippen LogP contribution in [0.1, 0.15) is 36.3 Å². The van der Waals surface area contributed by atoms with E-state index in [1.807, 2.05) is 48.5 Å². The lowest BCUT2D eigenvalue weighted by molar-refractivity contribution is -0.119. The Morgan fingerprint density at radius 1 is 0.811 bits per heavy atom.